The minimum atomic E-state index is -0.465. The van der Waals surface area contributed by atoms with Crippen molar-refractivity contribution in [1.82, 2.24) is 0 Å². The normalized spacial score (nSPS) is 43.4. The smallest absolute Gasteiger partial charge is 0.312 e. The van der Waals surface area contributed by atoms with Gasteiger partial charge in [-0.3, -0.25) is 9.59 Å². The lowest BCUT2D eigenvalue weighted by molar-refractivity contribution is -0.181. The standard InChI is InChI=1S/C12H14O4/c1-12(2)8-9(12)11(16-10(8)14)15-7-4-3-6(13)5-7/h3-4,7-9,11H,5H2,1-2H3/t7?,8-,9+,11?/m1/s1. The van der Waals surface area contributed by atoms with E-state index < -0.39 is 6.29 Å². The summed E-state index contributed by atoms with van der Waals surface area (Å²) >= 11 is 0. The summed E-state index contributed by atoms with van der Waals surface area (Å²) in [6.07, 6.45) is 2.94. The Morgan fingerprint density at radius 3 is 2.69 bits per heavy atom. The molecule has 4 heteroatoms. The van der Waals surface area contributed by atoms with Crippen LogP contribution in [0.3, 0.4) is 0 Å². The van der Waals surface area contributed by atoms with E-state index >= 15 is 0 Å². The van der Waals surface area contributed by atoms with Crippen LogP contribution in [0.1, 0.15) is 20.3 Å². The Morgan fingerprint density at radius 2 is 2.19 bits per heavy atom. The Labute approximate surface area is 93.6 Å². The van der Waals surface area contributed by atoms with Gasteiger partial charge in [-0.25, -0.2) is 0 Å². The van der Waals surface area contributed by atoms with Gasteiger partial charge in [-0.05, 0) is 11.5 Å². The fourth-order valence-electron chi connectivity index (χ4n) is 2.82. The van der Waals surface area contributed by atoms with Crippen LogP contribution in [0, 0.1) is 17.3 Å². The third-order valence-electron chi connectivity index (χ3n) is 3.90. The van der Waals surface area contributed by atoms with Crippen molar-refractivity contribution >= 4 is 11.8 Å². The highest BCUT2D eigenvalue weighted by Crippen LogP contribution is 2.65. The number of carbonyl (C=O) groups is 2. The summed E-state index contributed by atoms with van der Waals surface area (Å²) in [5.41, 5.74) is -0.00761. The van der Waals surface area contributed by atoms with Gasteiger partial charge < -0.3 is 9.47 Å². The molecule has 3 aliphatic rings. The van der Waals surface area contributed by atoms with Gasteiger partial charge in [0.05, 0.1) is 12.0 Å². The van der Waals surface area contributed by atoms with Crippen LogP contribution in [0.2, 0.25) is 0 Å². The van der Waals surface area contributed by atoms with Gasteiger partial charge in [0, 0.05) is 12.3 Å². The molecule has 0 aromatic heterocycles. The molecule has 1 saturated heterocycles. The maximum Gasteiger partial charge on any atom is 0.312 e. The van der Waals surface area contributed by atoms with Crippen LogP contribution in [0.4, 0.5) is 0 Å². The Morgan fingerprint density at radius 1 is 1.44 bits per heavy atom. The molecule has 0 bridgehead atoms. The molecule has 1 heterocycles. The number of carbonyl (C=O) groups excluding carboxylic acids is 2. The molecular weight excluding hydrogens is 208 g/mol. The summed E-state index contributed by atoms with van der Waals surface area (Å²) < 4.78 is 10.8. The predicted octanol–water partition coefficient (Wildman–Crippen LogP) is 1.06. The van der Waals surface area contributed by atoms with Gasteiger partial charge in [-0.1, -0.05) is 19.9 Å². The molecular formula is C12H14O4. The highest BCUT2D eigenvalue weighted by Gasteiger charge is 2.72. The molecule has 4 atom stereocenters. The maximum absolute atomic E-state index is 11.5. The molecule has 0 aromatic carbocycles. The summed E-state index contributed by atoms with van der Waals surface area (Å²) in [5.74, 6) is 0.0527. The molecule has 0 radical (unpaired) electrons. The van der Waals surface area contributed by atoms with E-state index in [1.165, 1.54) is 6.08 Å². The molecule has 0 aromatic rings. The molecule has 86 valence electrons. The minimum Gasteiger partial charge on any atom is -0.435 e. The molecule has 0 spiro atoms. The molecule has 0 N–H and O–H groups in total. The van der Waals surface area contributed by atoms with E-state index in [9.17, 15) is 9.59 Å². The Balaban J connectivity index is 1.67. The number of cyclic esters (lactones) is 1. The lowest BCUT2D eigenvalue weighted by Gasteiger charge is -2.20. The molecule has 1 aliphatic heterocycles. The van der Waals surface area contributed by atoms with Crippen LogP contribution in [-0.4, -0.2) is 24.1 Å². The number of ether oxygens (including phenoxy) is 2. The second-order valence-corrected chi connectivity index (χ2v) is 5.33. The molecule has 1 saturated carbocycles. The van der Waals surface area contributed by atoms with E-state index in [-0.39, 0.29) is 35.1 Å². The van der Waals surface area contributed by atoms with Gasteiger partial charge in [0.2, 0.25) is 6.29 Å². The molecule has 16 heavy (non-hydrogen) atoms. The van der Waals surface area contributed by atoms with Crippen molar-refractivity contribution in [3.8, 4) is 0 Å². The highest BCUT2D eigenvalue weighted by atomic mass is 16.7. The first kappa shape index (κ1) is 10.0. The Bertz CT molecular complexity index is 396. The average molecular weight is 222 g/mol. The predicted molar refractivity (Wildman–Crippen MR) is 54.3 cm³/mol. The number of esters is 1. The fourth-order valence-corrected chi connectivity index (χ4v) is 2.82. The number of ketones is 1. The van der Waals surface area contributed by atoms with Crippen molar-refractivity contribution in [2.45, 2.75) is 32.7 Å². The summed E-state index contributed by atoms with van der Waals surface area (Å²) in [5, 5.41) is 0. The minimum absolute atomic E-state index is 0.00761. The molecule has 0 amide bonds. The number of hydrogen-bond donors (Lipinski definition) is 0. The van der Waals surface area contributed by atoms with E-state index in [0.29, 0.717) is 6.42 Å². The van der Waals surface area contributed by atoms with Crippen LogP contribution >= 0.6 is 0 Å². The van der Waals surface area contributed by atoms with Gasteiger partial charge in [0.15, 0.2) is 5.78 Å². The summed E-state index contributed by atoms with van der Waals surface area (Å²) in [6, 6.07) is 0. The number of hydrogen-bond acceptors (Lipinski definition) is 4. The van der Waals surface area contributed by atoms with Crippen LogP contribution in [0.25, 0.3) is 0 Å². The summed E-state index contributed by atoms with van der Waals surface area (Å²) in [7, 11) is 0. The van der Waals surface area contributed by atoms with Crippen molar-refractivity contribution in [2.75, 3.05) is 0 Å². The zero-order valence-electron chi connectivity index (χ0n) is 9.30. The quantitative estimate of drug-likeness (QED) is 0.655. The van der Waals surface area contributed by atoms with E-state index in [1.54, 1.807) is 6.08 Å². The van der Waals surface area contributed by atoms with Crippen molar-refractivity contribution in [3.05, 3.63) is 12.2 Å². The van der Waals surface area contributed by atoms with E-state index in [0.717, 1.165) is 0 Å². The van der Waals surface area contributed by atoms with Gasteiger partial charge in [-0.15, -0.1) is 0 Å². The van der Waals surface area contributed by atoms with Gasteiger partial charge in [-0.2, -0.15) is 0 Å². The lowest BCUT2D eigenvalue weighted by Crippen LogP contribution is -2.26. The van der Waals surface area contributed by atoms with E-state index in [4.69, 9.17) is 9.47 Å². The molecule has 3 rings (SSSR count). The van der Waals surface area contributed by atoms with Crippen molar-refractivity contribution in [3.63, 3.8) is 0 Å². The number of fused-ring (bicyclic) bond motifs is 1. The van der Waals surface area contributed by atoms with Crippen LogP contribution in [0.5, 0.6) is 0 Å². The second-order valence-electron chi connectivity index (χ2n) is 5.33. The van der Waals surface area contributed by atoms with Crippen LogP contribution in [-0.2, 0) is 19.1 Å². The maximum atomic E-state index is 11.5. The molecule has 2 aliphatic carbocycles. The Hall–Kier alpha value is -1.16. The third-order valence-corrected chi connectivity index (χ3v) is 3.90. The summed E-state index contributed by atoms with van der Waals surface area (Å²) in [6.45, 7) is 4.10. The largest absolute Gasteiger partial charge is 0.435 e. The fraction of sp³-hybridized carbons (Fsp3) is 0.667. The van der Waals surface area contributed by atoms with Crippen molar-refractivity contribution in [1.29, 1.82) is 0 Å². The van der Waals surface area contributed by atoms with E-state index in [2.05, 4.69) is 13.8 Å². The Kier molecular flexibility index (Phi) is 1.84. The zero-order chi connectivity index (χ0) is 11.5. The monoisotopic (exact) mass is 222 g/mol. The first-order chi connectivity index (χ1) is 7.50. The third kappa shape index (κ3) is 1.26. The van der Waals surface area contributed by atoms with Gasteiger partial charge in [0.25, 0.3) is 0 Å². The summed E-state index contributed by atoms with van der Waals surface area (Å²) in [4.78, 5) is 22.5. The number of rotatable bonds is 2. The molecule has 4 nitrogen and oxygen atoms in total. The van der Waals surface area contributed by atoms with Gasteiger partial charge in [0.1, 0.15) is 0 Å². The average Bonchev–Trinajstić information content (AvgIpc) is 2.51. The lowest BCUT2D eigenvalue weighted by atomic mass is 10.1. The van der Waals surface area contributed by atoms with Crippen molar-refractivity contribution < 1.29 is 19.1 Å². The van der Waals surface area contributed by atoms with Crippen molar-refractivity contribution in [2.24, 2.45) is 17.3 Å². The first-order valence-corrected chi connectivity index (χ1v) is 5.57. The van der Waals surface area contributed by atoms with E-state index in [1.807, 2.05) is 0 Å². The van der Waals surface area contributed by atoms with Crippen LogP contribution < -0.4 is 0 Å². The second kappa shape index (κ2) is 2.94. The topological polar surface area (TPSA) is 52.6 Å². The van der Waals surface area contributed by atoms with Crippen LogP contribution in [0.15, 0.2) is 12.2 Å². The van der Waals surface area contributed by atoms with Gasteiger partial charge >= 0.3 is 5.97 Å². The highest BCUT2D eigenvalue weighted by molar-refractivity contribution is 5.92. The molecule has 2 fully saturated rings. The zero-order valence-corrected chi connectivity index (χ0v) is 9.30. The molecule has 2 unspecified atom stereocenters. The SMILES string of the molecule is CC1(C)[C@@H]2C(OC3C=CC(=O)C3)OC(=O)[C@@H]21. The first-order valence-electron chi connectivity index (χ1n) is 5.57. The number of allylic oxidation sites excluding steroid dienone is 1.